The summed E-state index contributed by atoms with van der Waals surface area (Å²) < 4.78 is 0.795. The third-order valence-electron chi connectivity index (χ3n) is 4.60. The molecular formula is C22H13ClIN3O3S. The molecule has 9 heteroatoms. The first kappa shape index (κ1) is 21.4. The Labute approximate surface area is 201 Å². The summed E-state index contributed by atoms with van der Waals surface area (Å²) in [6.45, 7) is 0. The highest BCUT2D eigenvalue weighted by atomic mass is 127. The first-order valence-corrected chi connectivity index (χ1v) is 10.9. The van der Waals surface area contributed by atoms with Gasteiger partial charge in [0.2, 0.25) is 0 Å². The number of imide groups is 1. The van der Waals surface area contributed by atoms with E-state index in [-0.39, 0.29) is 16.0 Å². The minimum Gasteiger partial charge on any atom is -0.331 e. The van der Waals surface area contributed by atoms with Gasteiger partial charge in [-0.05, 0) is 77.3 Å². The molecule has 6 nitrogen and oxygen atoms in total. The lowest BCUT2D eigenvalue weighted by Gasteiger charge is -2.16. The van der Waals surface area contributed by atoms with Crippen molar-refractivity contribution in [1.82, 2.24) is 5.32 Å². The third kappa shape index (κ3) is 4.18. The zero-order chi connectivity index (χ0) is 22.1. The van der Waals surface area contributed by atoms with Crippen LogP contribution in [0.4, 0.5) is 11.4 Å². The highest BCUT2D eigenvalue weighted by molar-refractivity contribution is 14.1. The topological polar surface area (TPSA) is 78.5 Å². The average molecular weight is 562 g/mol. The number of hydrogen-bond acceptors (Lipinski definition) is 4. The lowest BCUT2D eigenvalue weighted by molar-refractivity contribution is 0.0923. The molecule has 3 aromatic carbocycles. The van der Waals surface area contributed by atoms with Crippen molar-refractivity contribution < 1.29 is 14.4 Å². The number of hydrogen-bond donors (Lipinski definition) is 2. The quantitative estimate of drug-likeness (QED) is 0.271. The van der Waals surface area contributed by atoms with E-state index in [9.17, 15) is 14.4 Å². The van der Waals surface area contributed by atoms with E-state index in [1.807, 2.05) is 12.1 Å². The van der Waals surface area contributed by atoms with Crippen LogP contribution < -0.4 is 15.5 Å². The zero-order valence-corrected chi connectivity index (χ0v) is 19.4. The Hall–Kier alpha value is -2.82. The molecule has 154 valence electrons. The van der Waals surface area contributed by atoms with Gasteiger partial charge in [-0.1, -0.05) is 35.9 Å². The Morgan fingerprint density at radius 3 is 2.16 bits per heavy atom. The van der Waals surface area contributed by atoms with Gasteiger partial charge in [0, 0.05) is 3.57 Å². The molecule has 0 fully saturated rings. The van der Waals surface area contributed by atoms with Crippen molar-refractivity contribution in [2.75, 3.05) is 10.2 Å². The van der Waals surface area contributed by atoms with Crippen LogP contribution in [-0.2, 0) is 0 Å². The normalized spacial score (nSPS) is 12.5. The summed E-state index contributed by atoms with van der Waals surface area (Å²) in [5.41, 5.74) is 1.97. The molecule has 1 aliphatic rings. The van der Waals surface area contributed by atoms with Crippen LogP contribution in [0.3, 0.4) is 0 Å². The van der Waals surface area contributed by atoms with Crippen molar-refractivity contribution in [2.24, 2.45) is 0 Å². The summed E-state index contributed by atoms with van der Waals surface area (Å²) in [5, 5.41) is 5.78. The Morgan fingerprint density at radius 2 is 1.55 bits per heavy atom. The average Bonchev–Trinajstić information content (AvgIpc) is 3.00. The molecule has 0 aliphatic carbocycles. The van der Waals surface area contributed by atoms with Gasteiger partial charge in [-0.25, -0.2) is 4.90 Å². The molecule has 0 atom stereocenters. The van der Waals surface area contributed by atoms with E-state index < -0.39 is 11.8 Å². The van der Waals surface area contributed by atoms with Gasteiger partial charge in [-0.3, -0.25) is 19.7 Å². The fraction of sp³-hybridized carbons (Fsp3) is 0. The Kier molecular flexibility index (Phi) is 6.03. The Balaban J connectivity index is 1.49. The van der Waals surface area contributed by atoms with Gasteiger partial charge in [-0.2, -0.15) is 0 Å². The van der Waals surface area contributed by atoms with Crippen molar-refractivity contribution in [3.05, 3.63) is 92.0 Å². The molecule has 3 amide bonds. The molecule has 0 aromatic heterocycles. The molecule has 0 radical (unpaired) electrons. The number of thiocarbonyl (C=S) groups is 1. The van der Waals surface area contributed by atoms with Crippen molar-refractivity contribution in [3.8, 4) is 0 Å². The Morgan fingerprint density at radius 1 is 0.935 bits per heavy atom. The number of halogens is 2. The predicted octanol–water partition coefficient (Wildman–Crippen LogP) is 4.87. The molecular weight excluding hydrogens is 549 g/mol. The number of carbonyl (C=O) groups excluding carboxylic acids is 3. The SMILES string of the molecule is O=C(NC(=S)Nc1ccc(N2C(=O)c3ccccc3C2=O)cc1Cl)c1ccccc1I. The summed E-state index contributed by atoms with van der Waals surface area (Å²) in [4.78, 5) is 38.8. The minimum absolute atomic E-state index is 0.0695. The highest BCUT2D eigenvalue weighted by Gasteiger charge is 2.36. The second-order valence-corrected chi connectivity index (χ2v) is 8.52. The maximum atomic E-state index is 12.6. The number of anilines is 2. The van der Waals surface area contributed by atoms with E-state index in [2.05, 4.69) is 33.2 Å². The number of benzene rings is 3. The van der Waals surface area contributed by atoms with Gasteiger partial charge < -0.3 is 5.32 Å². The van der Waals surface area contributed by atoms with Crippen LogP contribution in [0.1, 0.15) is 31.1 Å². The van der Waals surface area contributed by atoms with Crippen LogP contribution in [0.5, 0.6) is 0 Å². The Bertz CT molecular complexity index is 1230. The number of nitrogens with zero attached hydrogens (tertiary/aromatic N) is 1. The number of nitrogens with one attached hydrogen (secondary N) is 2. The predicted molar refractivity (Wildman–Crippen MR) is 132 cm³/mol. The summed E-state index contributed by atoms with van der Waals surface area (Å²) >= 11 is 13.6. The van der Waals surface area contributed by atoms with Gasteiger partial charge in [0.05, 0.1) is 33.1 Å². The second kappa shape index (κ2) is 8.74. The molecule has 0 saturated carbocycles. The molecule has 4 rings (SSSR count). The number of rotatable bonds is 3. The maximum absolute atomic E-state index is 12.6. The van der Waals surface area contributed by atoms with Crippen LogP contribution in [0.2, 0.25) is 5.02 Å². The molecule has 1 aliphatic heterocycles. The zero-order valence-electron chi connectivity index (χ0n) is 15.7. The summed E-state index contributed by atoms with van der Waals surface area (Å²) in [5.74, 6) is -1.16. The van der Waals surface area contributed by atoms with E-state index in [4.69, 9.17) is 23.8 Å². The van der Waals surface area contributed by atoms with Crippen molar-refractivity contribution in [1.29, 1.82) is 0 Å². The molecule has 2 N–H and O–H groups in total. The van der Waals surface area contributed by atoms with Crippen LogP contribution >= 0.6 is 46.4 Å². The molecule has 0 spiro atoms. The lowest BCUT2D eigenvalue weighted by atomic mass is 10.1. The number of fused-ring (bicyclic) bond motifs is 1. The molecule has 3 aromatic rings. The van der Waals surface area contributed by atoms with Gasteiger partial charge in [0.1, 0.15) is 0 Å². The van der Waals surface area contributed by atoms with E-state index in [1.54, 1.807) is 48.5 Å². The monoisotopic (exact) mass is 561 g/mol. The van der Waals surface area contributed by atoms with Crippen molar-refractivity contribution >= 4 is 80.6 Å². The van der Waals surface area contributed by atoms with Gasteiger partial charge in [0.25, 0.3) is 17.7 Å². The largest absolute Gasteiger partial charge is 0.331 e. The van der Waals surface area contributed by atoms with E-state index in [0.717, 1.165) is 8.47 Å². The number of amides is 3. The second-order valence-electron chi connectivity index (χ2n) is 6.54. The standard InChI is InChI=1S/C22H13ClIN3O3S/c23-16-11-12(27-20(29)13-5-1-2-6-14(13)21(27)30)9-10-18(16)25-22(31)26-19(28)15-7-3-4-8-17(15)24/h1-11H,(H2,25,26,28,31). The molecule has 31 heavy (non-hydrogen) atoms. The van der Waals surface area contributed by atoms with E-state index in [0.29, 0.717) is 28.1 Å². The number of carbonyl (C=O) groups is 3. The van der Waals surface area contributed by atoms with Crippen molar-refractivity contribution in [3.63, 3.8) is 0 Å². The van der Waals surface area contributed by atoms with Crippen LogP contribution in [-0.4, -0.2) is 22.8 Å². The maximum Gasteiger partial charge on any atom is 0.266 e. The third-order valence-corrected chi connectivity index (χ3v) is 6.06. The molecule has 0 bridgehead atoms. The molecule has 0 unspecified atom stereocenters. The smallest absolute Gasteiger partial charge is 0.266 e. The summed E-state index contributed by atoms with van der Waals surface area (Å²) in [6.07, 6.45) is 0. The van der Waals surface area contributed by atoms with Gasteiger partial charge >= 0.3 is 0 Å². The van der Waals surface area contributed by atoms with Gasteiger partial charge in [0.15, 0.2) is 5.11 Å². The van der Waals surface area contributed by atoms with E-state index in [1.165, 1.54) is 6.07 Å². The fourth-order valence-electron chi connectivity index (χ4n) is 3.14. The summed E-state index contributed by atoms with van der Waals surface area (Å²) in [7, 11) is 0. The molecule has 1 heterocycles. The molecule has 0 saturated heterocycles. The highest BCUT2D eigenvalue weighted by Crippen LogP contribution is 2.32. The lowest BCUT2D eigenvalue weighted by Crippen LogP contribution is -2.34. The first-order chi connectivity index (χ1) is 14.9. The summed E-state index contributed by atoms with van der Waals surface area (Å²) in [6, 6.07) is 18.4. The minimum atomic E-state index is -0.405. The van der Waals surface area contributed by atoms with Gasteiger partial charge in [-0.15, -0.1) is 0 Å². The van der Waals surface area contributed by atoms with Crippen molar-refractivity contribution in [2.45, 2.75) is 0 Å². The van der Waals surface area contributed by atoms with Crippen LogP contribution in [0, 0.1) is 3.57 Å². The van der Waals surface area contributed by atoms with E-state index >= 15 is 0 Å². The fourth-order valence-corrected chi connectivity index (χ4v) is 4.19. The van der Waals surface area contributed by atoms with Crippen LogP contribution in [0.25, 0.3) is 0 Å². The first-order valence-electron chi connectivity index (χ1n) is 9.01. The van der Waals surface area contributed by atoms with Crippen LogP contribution in [0.15, 0.2) is 66.7 Å².